The third-order valence-electron chi connectivity index (χ3n) is 3.05. The molecule has 94 valence electrons. The van der Waals surface area contributed by atoms with E-state index in [-0.39, 0.29) is 6.10 Å². The minimum Gasteiger partial charge on any atom is -0.479 e. The van der Waals surface area contributed by atoms with Crippen LogP contribution >= 0.6 is 22.9 Å². The topological polar surface area (TPSA) is 21.3 Å². The summed E-state index contributed by atoms with van der Waals surface area (Å²) < 4.78 is 6.02. The van der Waals surface area contributed by atoms with E-state index in [1.807, 2.05) is 29.5 Å². The average Bonchev–Trinajstić information content (AvgIpc) is 2.88. The van der Waals surface area contributed by atoms with Gasteiger partial charge in [0.15, 0.2) is 11.9 Å². The third-order valence-corrected chi connectivity index (χ3v) is 4.67. The van der Waals surface area contributed by atoms with Gasteiger partial charge in [-0.2, -0.15) is 0 Å². The summed E-state index contributed by atoms with van der Waals surface area (Å²) in [6.07, 6.45) is 1.13. The zero-order valence-electron chi connectivity index (χ0n) is 10.1. The Bertz CT molecular complexity index is 567. The van der Waals surface area contributed by atoms with E-state index in [1.165, 1.54) is 9.75 Å². The van der Waals surface area contributed by atoms with Gasteiger partial charge in [-0.15, -0.1) is 11.3 Å². The van der Waals surface area contributed by atoms with Gasteiger partial charge in [-0.25, -0.2) is 0 Å². The van der Waals surface area contributed by atoms with Gasteiger partial charge in [0.05, 0.1) is 17.3 Å². The van der Waals surface area contributed by atoms with Crippen LogP contribution in [0.3, 0.4) is 0 Å². The smallest absolute Gasteiger partial charge is 0.162 e. The number of hydrogen-bond donors (Lipinski definition) is 1. The van der Waals surface area contributed by atoms with Crippen molar-refractivity contribution in [2.75, 3.05) is 11.9 Å². The lowest BCUT2D eigenvalue weighted by Gasteiger charge is -2.27. The Hall–Kier alpha value is -1.19. The molecular formula is C14H14ClNOS. The molecule has 1 N–H and O–H groups in total. The number of para-hydroxylation sites is 1. The van der Waals surface area contributed by atoms with Crippen LogP contribution in [0.5, 0.6) is 5.75 Å². The van der Waals surface area contributed by atoms with E-state index in [2.05, 4.69) is 24.4 Å². The molecule has 1 unspecified atom stereocenters. The SMILES string of the molecule is CCc1ccc(C2CNc3cccc(Cl)c3O2)s1. The van der Waals surface area contributed by atoms with Gasteiger partial charge in [-0.3, -0.25) is 0 Å². The van der Waals surface area contributed by atoms with E-state index in [9.17, 15) is 0 Å². The van der Waals surface area contributed by atoms with E-state index < -0.39 is 0 Å². The van der Waals surface area contributed by atoms with Crippen molar-refractivity contribution in [3.05, 3.63) is 45.1 Å². The summed E-state index contributed by atoms with van der Waals surface area (Å²) in [6, 6.07) is 10.1. The van der Waals surface area contributed by atoms with Crippen molar-refractivity contribution in [3.8, 4) is 5.75 Å². The molecule has 0 saturated carbocycles. The molecule has 0 radical (unpaired) electrons. The second-order valence-corrected chi connectivity index (χ2v) is 5.87. The molecular weight excluding hydrogens is 266 g/mol. The van der Waals surface area contributed by atoms with Crippen LogP contribution in [0, 0.1) is 0 Å². The highest BCUT2D eigenvalue weighted by Crippen LogP contribution is 2.40. The van der Waals surface area contributed by atoms with E-state index in [1.54, 1.807) is 0 Å². The largest absolute Gasteiger partial charge is 0.479 e. The van der Waals surface area contributed by atoms with Gasteiger partial charge in [-0.05, 0) is 30.7 Å². The van der Waals surface area contributed by atoms with Crippen molar-refractivity contribution >= 4 is 28.6 Å². The molecule has 0 bridgehead atoms. The Morgan fingerprint density at radius 1 is 1.39 bits per heavy atom. The maximum atomic E-state index is 6.17. The molecule has 18 heavy (non-hydrogen) atoms. The molecule has 0 fully saturated rings. The molecule has 2 aromatic rings. The number of halogens is 1. The summed E-state index contributed by atoms with van der Waals surface area (Å²) >= 11 is 7.98. The first-order valence-electron chi connectivity index (χ1n) is 6.05. The highest BCUT2D eigenvalue weighted by atomic mass is 35.5. The van der Waals surface area contributed by atoms with E-state index >= 15 is 0 Å². The minimum absolute atomic E-state index is 0.0581. The number of fused-ring (bicyclic) bond motifs is 1. The van der Waals surface area contributed by atoms with Crippen LogP contribution < -0.4 is 10.1 Å². The van der Waals surface area contributed by atoms with Crippen LogP contribution in [0.25, 0.3) is 0 Å². The van der Waals surface area contributed by atoms with Crippen LogP contribution in [0.4, 0.5) is 5.69 Å². The van der Waals surface area contributed by atoms with Crippen molar-refractivity contribution in [1.29, 1.82) is 0 Å². The van der Waals surface area contributed by atoms with Crippen LogP contribution in [0.15, 0.2) is 30.3 Å². The van der Waals surface area contributed by atoms with Crippen LogP contribution in [-0.2, 0) is 6.42 Å². The fourth-order valence-electron chi connectivity index (χ4n) is 2.07. The Balaban J connectivity index is 1.88. The number of aryl methyl sites for hydroxylation is 1. The van der Waals surface area contributed by atoms with Crippen LogP contribution in [-0.4, -0.2) is 6.54 Å². The van der Waals surface area contributed by atoms with Crippen molar-refractivity contribution in [2.45, 2.75) is 19.4 Å². The molecule has 1 aromatic heterocycles. The summed E-state index contributed by atoms with van der Waals surface area (Å²) in [7, 11) is 0. The molecule has 1 aliphatic rings. The van der Waals surface area contributed by atoms with Crippen molar-refractivity contribution < 1.29 is 4.74 Å². The minimum atomic E-state index is 0.0581. The van der Waals surface area contributed by atoms with Crippen molar-refractivity contribution in [3.63, 3.8) is 0 Å². The standard InChI is InChI=1S/C14H14ClNOS/c1-2-9-6-7-13(18-9)12-8-16-11-5-3-4-10(15)14(11)17-12/h3-7,12,16H,2,8H2,1H3. The first-order chi connectivity index (χ1) is 8.78. The summed E-state index contributed by atoms with van der Waals surface area (Å²) in [6.45, 7) is 2.96. The second kappa shape index (κ2) is 4.82. The number of rotatable bonds is 2. The molecule has 1 atom stereocenters. The first kappa shape index (κ1) is 11.9. The second-order valence-electron chi connectivity index (χ2n) is 4.26. The summed E-state index contributed by atoms with van der Waals surface area (Å²) in [5.74, 6) is 0.766. The van der Waals surface area contributed by atoms with Crippen LogP contribution in [0.1, 0.15) is 22.8 Å². The number of benzene rings is 1. The Morgan fingerprint density at radius 2 is 2.28 bits per heavy atom. The fourth-order valence-corrected chi connectivity index (χ4v) is 3.27. The maximum Gasteiger partial charge on any atom is 0.162 e. The van der Waals surface area contributed by atoms with Crippen molar-refractivity contribution in [2.24, 2.45) is 0 Å². The molecule has 2 heterocycles. The number of hydrogen-bond acceptors (Lipinski definition) is 3. The molecule has 1 aliphatic heterocycles. The average molecular weight is 280 g/mol. The van der Waals surface area contributed by atoms with E-state index in [0.717, 1.165) is 24.4 Å². The van der Waals surface area contributed by atoms with Gasteiger partial charge in [-0.1, -0.05) is 24.6 Å². The molecule has 1 aromatic carbocycles. The van der Waals surface area contributed by atoms with E-state index in [4.69, 9.17) is 16.3 Å². The fraction of sp³-hybridized carbons (Fsp3) is 0.286. The van der Waals surface area contributed by atoms with Gasteiger partial charge in [0.2, 0.25) is 0 Å². The highest BCUT2D eigenvalue weighted by molar-refractivity contribution is 7.12. The number of anilines is 1. The lowest BCUT2D eigenvalue weighted by atomic mass is 10.2. The third kappa shape index (κ3) is 2.08. The number of ether oxygens (including phenoxy) is 1. The van der Waals surface area contributed by atoms with Gasteiger partial charge in [0.25, 0.3) is 0 Å². The van der Waals surface area contributed by atoms with Gasteiger partial charge < -0.3 is 10.1 Å². The molecule has 2 nitrogen and oxygen atoms in total. The first-order valence-corrected chi connectivity index (χ1v) is 7.25. The van der Waals surface area contributed by atoms with Gasteiger partial charge in [0, 0.05) is 9.75 Å². The lowest BCUT2D eigenvalue weighted by molar-refractivity contribution is 0.214. The molecule has 0 aliphatic carbocycles. The zero-order chi connectivity index (χ0) is 12.5. The zero-order valence-corrected chi connectivity index (χ0v) is 11.6. The van der Waals surface area contributed by atoms with Crippen LogP contribution in [0.2, 0.25) is 5.02 Å². The molecule has 0 spiro atoms. The monoisotopic (exact) mass is 279 g/mol. The molecule has 4 heteroatoms. The normalized spacial score (nSPS) is 17.8. The summed E-state index contributed by atoms with van der Waals surface area (Å²) in [4.78, 5) is 2.64. The predicted molar refractivity (Wildman–Crippen MR) is 77.0 cm³/mol. The number of nitrogens with one attached hydrogen (secondary N) is 1. The Morgan fingerprint density at radius 3 is 3.06 bits per heavy atom. The summed E-state index contributed by atoms with van der Waals surface area (Å²) in [5.41, 5.74) is 0.978. The van der Waals surface area contributed by atoms with Gasteiger partial charge in [0.1, 0.15) is 0 Å². The Kier molecular flexibility index (Phi) is 3.18. The summed E-state index contributed by atoms with van der Waals surface area (Å²) in [5, 5.41) is 4.04. The predicted octanol–water partition coefficient (Wildman–Crippen LogP) is 4.51. The molecule has 0 saturated heterocycles. The Labute approximate surface area is 116 Å². The maximum absolute atomic E-state index is 6.17. The lowest BCUT2D eigenvalue weighted by Crippen LogP contribution is -2.22. The van der Waals surface area contributed by atoms with Gasteiger partial charge >= 0.3 is 0 Å². The highest BCUT2D eigenvalue weighted by Gasteiger charge is 2.23. The quantitative estimate of drug-likeness (QED) is 0.873. The van der Waals surface area contributed by atoms with E-state index in [0.29, 0.717) is 5.02 Å². The molecule has 3 rings (SSSR count). The van der Waals surface area contributed by atoms with Crippen molar-refractivity contribution in [1.82, 2.24) is 0 Å². The number of thiophene rings is 1. The molecule has 0 amide bonds.